The van der Waals surface area contributed by atoms with Crippen LogP contribution in [0.2, 0.25) is 0 Å². The zero-order valence-electron chi connectivity index (χ0n) is 56.6. The van der Waals surface area contributed by atoms with Crippen molar-refractivity contribution in [2.75, 3.05) is 40.4 Å². The van der Waals surface area contributed by atoms with Crippen LogP contribution in [-0.4, -0.2) is 26.4 Å². The average molecular weight is 1350 g/mol. The Morgan fingerprint density at radius 2 is 0.615 bits per heavy atom. The van der Waals surface area contributed by atoms with Gasteiger partial charge in [-0.2, -0.15) is 0 Å². The Kier molecular flexibility index (Phi) is 13.9. The lowest BCUT2D eigenvalue weighted by atomic mass is 9.29. The first-order chi connectivity index (χ1) is 51.6. The predicted octanol–water partition coefficient (Wildman–Crippen LogP) is 18.2. The largest absolute Gasteiger partial charge is 0.458 e. The van der Waals surface area contributed by atoms with Gasteiger partial charge in [0.05, 0.1) is 28.4 Å². The molecule has 0 fully saturated rings. The number of nitrogens with one attached hydrogen (secondary N) is 1. The minimum absolute atomic E-state index is 0.175. The molecule has 0 spiro atoms. The maximum Gasteiger partial charge on any atom is 0.260 e. The molecule has 0 saturated carbocycles. The number of ether oxygens (including phenoxy) is 2. The van der Waals surface area contributed by atoms with Crippen LogP contribution in [0.3, 0.4) is 0 Å². The van der Waals surface area contributed by atoms with Gasteiger partial charge in [-0.1, -0.05) is 194 Å². The summed E-state index contributed by atoms with van der Waals surface area (Å²) in [4.78, 5) is 12.0. The number of hydrogen-bond acceptors (Lipinski definition) is 10. The van der Waals surface area contributed by atoms with Crippen molar-refractivity contribution in [3.63, 3.8) is 0 Å². The van der Waals surface area contributed by atoms with Crippen molar-refractivity contribution in [1.29, 1.82) is 0 Å². The number of benzene rings is 15. The summed E-state index contributed by atoms with van der Waals surface area (Å²) < 4.78 is 17.8. The van der Waals surface area contributed by atoms with Gasteiger partial charge in [-0.15, -0.1) is 0 Å². The van der Waals surface area contributed by atoms with Crippen molar-refractivity contribution in [2.24, 2.45) is 0 Å². The summed E-state index contributed by atoms with van der Waals surface area (Å²) in [6.07, 6.45) is 2.21. The second kappa shape index (κ2) is 24.1. The van der Waals surface area contributed by atoms with Crippen LogP contribution < -0.4 is 92.8 Å². The van der Waals surface area contributed by atoms with Crippen LogP contribution in [-0.2, 0) is 0 Å². The summed E-state index contributed by atoms with van der Waals surface area (Å²) in [5.41, 5.74) is 30.6. The Labute approximate surface area is 610 Å². The zero-order valence-corrected chi connectivity index (χ0v) is 57.4. The van der Waals surface area contributed by atoms with Gasteiger partial charge < -0.3 is 39.3 Å². The highest BCUT2D eigenvalue weighted by Gasteiger charge is 2.49. The Hall–Kier alpha value is -13.0. The molecule has 9 nitrogen and oxygen atoms in total. The maximum atomic E-state index is 7.72. The second-order valence-electron chi connectivity index (χ2n) is 27.2. The van der Waals surface area contributed by atoms with Crippen LogP contribution in [0, 0.1) is 0 Å². The maximum absolute atomic E-state index is 7.72. The van der Waals surface area contributed by atoms with Crippen molar-refractivity contribution in [2.45, 2.75) is 0 Å². The van der Waals surface area contributed by atoms with Crippen molar-refractivity contribution >= 4 is 189 Å². The number of rotatable bonds is 12. The molecule has 0 bridgehead atoms. The highest BCUT2D eigenvalue weighted by Crippen LogP contribution is 2.51. The molecule has 0 atom stereocenters. The minimum Gasteiger partial charge on any atom is -0.458 e. The van der Waals surface area contributed by atoms with Crippen LogP contribution in [0.4, 0.5) is 108 Å². The number of anilines is 19. The molecule has 15 aromatic rings. The summed E-state index contributed by atoms with van der Waals surface area (Å²) in [6.45, 7) is -0.684. The van der Waals surface area contributed by atoms with Gasteiger partial charge in [-0.05, 0) is 189 Å². The third-order valence-electron chi connectivity index (χ3n) is 21.5. The molecule has 0 amide bonds. The number of fused-ring (bicyclic) bond motifs is 12. The summed E-state index contributed by atoms with van der Waals surface area (Å²) in [7, 11) is 0. The van der Waals surface area contributed by atoms with Gasteiger partial charge in [0.25, 0.3) is 20.1 Å². The summed E-state index contributed by atoms with van der Waals surface area (Å²) >= 11 is 1.73. The predicted molar refractivity (Wildman–Crippen MR) is 439 cm³/mol. The Balaban J connectivity index is 0.803. The van der Waals surface area contributed by atoms with E-state index in [1.165, 1.54) is 32.8 Å². The lowest BCUT2D eigenvalue weighted by Gasteiger charge is -2.45. The van der Waals surface area contributed by atoms with E-state index in [1.54, 1.807) is 11.9 Å². The number of para-hydroxylation sites is 10. The molecular formula is C91H62B3N7O2S. The van der Waals surface area contributed by atoms with Crippen molar-refractivity contribution in [3.8, 4) is 23.0 Å². The number of hydrogen-bond donors (Lipinski definition) is 1. The van der Waals surface area contributed by atoms with E-state index in [0.717, 1.165) is 147 Å². The Morgan fingerprint density at radius 3 is 1.07 bits per heavy atom. The van der Waals surface area contributed by atoms with Crippen molar-refractivity contribution in [1.82, 2.24) is 0 Å². The molecule has 15 aromatic carbocycles. The first kappa shape index (κ1) is 59.9. The molecule has 21 rings (SSSR count). The van der Waals surface area contributed by atoms with Gasteiger partial charge in [-0.3, -0.25) is 4.31 Å². The standard InChI is InChI=1S/C91H62B3N7O2S/c1-104-101-81-59-86-76(57-74(81)93-72-47-27-29-49-80(72)100(67-44-24-9-25-45-67)83-52-69(53-84(101)90(83)93)97(62-34-14-4-15-35-62)63-36-16-5-17-37-63)94-75-56-73-77(58-85(75)102-87-54-70(55-88(103-86)91(87)94)98(64-38-18-6-19-39-64)65-40-20-7-21-41-65)95-78-50-68(96(60-30-10-2-11-31-60)61-32-12-3-13-33-61)51-82-89(78)92(73)71-46-26-28-48-79(71)99(82)66-42-22-8-23-43-66/h2-59,95H,1H3. The monoisotopic (exact) mass is 1350 g/mol. The molecule has 1 N–H and O–H groups in total. The first-order valence-electron chi connectivity index (χ1n) is 35.5. The number of nitrogens with zero attached hydrogens (tertiary/aromatic N) is 6. The third kappa shape index (κ3) is 9.40. The molecule has 6 heterocycles. The molecule has 6 aliphatic heterocycles. The van der Waals surface area contributed by atoms with E-state index in [-0.39, 0.29) is 20.1 Å². The molecule has 488 valence electrons. The molecule has 0 unspecified atom stereocenters. The molecule has 13 heteroatoms. The van der Waals surface area contributed by atoms with E-state index in [1.807, 2.05) is 0 Å². The average Bonchev–Trinajstić information content (AvgIpc) is 0.695. The topological polar surface area (TPSA) is 49.9 Å². The fraction of sp³-hybridized carbons (Fsp3) is 0.0110. The van der Waals surface area contributed by atoms with E-state index in [2.05, 4.69) is 392 Å². The molecule has 6 aliphatic rings. The molecule has 0 aromatic heterocycles. The van der Waals surface area contributed by atoms with Crippen LogP contribution in [0.15, 0.2) is 352 Å². The smallest absolute Gasteiger partial charge is 0.260 e. The quantitative estimate of drug-likeness (QED) is 0.0946. The van der Waals surface area contributed by atoms with Crippen molar-refractivity contribution < 1.29 is 9.47 Å². The highest BCUT2D eigenvalue weighted by molar-refractivity contribution is 8.00. The normalized spacial score (nSPS) is 13.2. The Morgan fingerprint density at radius 1 is 0.260 bits per heavy atom. The van der Waals surface area contributed by atoms with Crippen LogP contribution in [0.1, 0.15) is 0 Å². The summed E-state index contributed by atoms with van der Waals surface area (Å²) in [5, 5.41) is 4.16. The van der Waals surface area contributed by atoms with E-state index >= 15 is 0 Å². The van der Waals surface area contributed by atoms with Gasteiger partial charge in [0.2, 0.25) is 0 Å². The fourth-order valence-corrected chi connectivity index (χ4v) is 18.0. The van der Waals surface area contributed by atoms with E-state index in [0.29, 0.717) is 0 Å². The molecule has 0 aliphatic carbocycles. The third-order valence-corrected chi connectivity index (χ3v) is 22.2. The summed E-state index contributed by atoms with van der Waals surface area (Å²) in [5.74, 6) is 3.07. The van der Waals surface area contributed by atoms with Crippen LogP contribution in [0.5, 0.6) is 23.0 Å². The van der Waals surface area contributed by atoms with E-state index in [4.69, 9.17) is 9.47 Å². The van der Waals surface area contributed by atoms with Gasteiger partial charge in [0.15, 0.2) is 0 Å². The van der Waals surface area contributed by atoms with E-state index in [9.17, 15) is 0 Å². The van der Waals surface area contributed by atoms with Crippen LogP contribution in [0.25, 0.3) is 0 Å². The van der Waals surface area contributed by atoms with Crippen molar-refractivity contribution in [3.05, 3.63) is 352 Å². The Bertz CT molecular complexity index is 5780. The van der Waals surface area contributed by atoms with Gasteiger partial charge in [0, 0.05) is 116 Å². The lowest BCUT2D eigenvalue weighted by molar-refractivity contribution is 0.465. The van der Waals surface area contributed by atoms with Gasteiger partial charge in [0.1, 0.15) is 23.0 Å². The fourth-order valence-electron chi connectivity index (χ4n) is 17.3. The van der Waals surface area contributed by atoms with E-state index < -0.39 is 0 Å². The van der Waals surface area contributed by atoms with Gasteiger partial charge >= 0.3 is 0 Å². The molecule has 104 heavy (non-hydrogen) atoms. The molecule has 0 radical (unpaired) electrons. The first-order valence-corrected chi connectivity index (χ1v) is 36.7. The lowest BCUT2D eigenvalue weighted by Crippen LogP contribution is -2.65. The second-order valence-corrected chi connectivity index (χ2v) is 27.9. The molecular weight excluding hydrogens is 1290 g/mol. The van der Waals surface area contributed by atoms with Crippen LogP contribution >= 0.6 is 11.9 Å². The SMILES string of the molecule is CSN1c2cc3c(cc2B2c4ccccc4N(c4ccccc4)c4cc(N(c5ccccc5)c5ccccc5)cc1c42)B1c2cc4c(cc2Oc2cc(N(c5ccccc5)c5ccccc5)cc(c21)O3)Nc1cc(N(c2ccccc2)c2ccccc2)cc2c1B4c1ccccc1N2c1ccccc1. The molecule has 0 saturated heterocycles. The highest BCUT2D eigenvalue weighted by atomic mass is 32.2. The minimum atomic E-state index is -0.330. The zero-order chi connectivity index (χ0) is 68.5. The summed E-state index contributed by atoms with van der Waals surface area (Å²) in [6, 6.07) is 128. The van der Waals surface area contributed by atoms with Gasteiger partial charge in [-0.25, -0.2) is 0 Å².